The van der Waals surface area contributed by atoms with E-state index in [1.54, 1.807) is 0 Å². The quantitative estimate of drug-likeness (QED) is 0.532. The van der Waals surface area contributed by atoms with Gasteiger partial charge in [-0.15, -0.1) is 0 Å². The number of likely N-dealkylation sites (tertiary alicyclic amines) is 1. The van der Waals surface area contributed by atoms with Gasteiger partial charge in [0.1, 0.15) is 0 Å². The smallest absolute Gasteiger partial charge is 0.207 e. The van der Waals surface area contributed by atoms with Crippen molar-refractivity contribution in [1.29, 1.82) is 0 Å². The van der Waals surface area contributed by atoms with Crippen LogP contribution >= 0.6 is 0 Å². The van der Waals surface area contributed by atoms with E-state index in [2.05, 4.69) is 24.1 Å². The summed E-state index contributed by atoms with van der Waals surface area (Å²) in [7, 11) is 0. The van der Waals surface area contributed by atoms with E-state index in [0.717, 1.165) is 25.3 Å². The molecule has 1 fully saturated rings. The summed E-state index contributed by atoms with van der Waals surface area (Å²) < 4.78 is 0. The number of rotatable bonds is 5. The van der Waals surface area contributed by atoms with Gasteiger partial charge in [0.25, 0.3) is 0 Å². The topological polar surface area (TPSA) is 32.3 Å². The van der Waals surface area contributed by atoms with Crippen molar-refractivity contribution in [3.05, 3.63) is 0 Å². The fourth-order valence-corrected chi connectivity index (χ4v) is 2.10. The van der Waals surface area contributed by atoms with Crippen molar-refractivity contribution >= 4 is 6.41 Å². The lowest BCUT2D eigenvalue weighted by atomic mass is 9.93. The predicted molar refractivity (Wildman–Crippen MR) is 58.1 cm³/mol. The monoisotopic (exact) mass is 198 g/mol. The number of hydrogen-bond donors (Lipinski definition) is 1. The van der Waals surface area contributed by atoms with Crippen LogP contribution in [-0.4, -0.2) is 37.0 Å². The Kier molecular flexibility index (Phi) is 4.94. The van der Waals surface area contributed by atoms with E-state index in [1.807, 2.05) is 0 Å². The molecule has 1 heterocycles. The Hall–Kier alpha value is -0.570. The van der Waals surface area contributed by atoms with Gasteiger partial charge in [-0.25, -0.2) is 0 Å². The summed E-state index contributed by atoms with van der Waals surface area (Å²) in [6, 6.07) is 0.684. The lowest BCUT2D eigenvalue weighted by Crippen LogP contribution is -2.38. The Morgan fingerprint density at radius 3 is 2.57 bits per heavy atom. The van der Waals surface area contributed by atoms with E-state index >= 15 is 0 Å². The number of piperidine rings is 1. The molecule has 1 amide bonds. The fraction of sp³-hybridized carbons (Fsp3) is 0.909. The molecule has 0 unspecified atom stereocenters. The van der Waals surface area contributed by atoms with Crippen LogP contribution in [0.5, 0.6) is 0 Å². The zero-order chi connectivity index (χ0) is 10.4. The minimum absolute atomic E-state index is 0.684. The first-order chi connectivity index (χ1) is 6.74. The normalized spacial score (nSPS) is 19.9. The van der Waals surface area contributed by atoms with Crippen LogP contribution < -0.4 is 5.32 Å². The fourth-order valence-electron chi connectivity index (χ4n) is 2.10. The molecule has 0 aromatic carbocycles. The molecule has 0 bridgehead atoms. The third-order valence-corrected chi connectivity index (χ3v) is 3.16. The zero-order valence-corrected chi connectivity index (χ0v) is 9.33. The summed E-state index contributed by atoms with van der Waals surface area (Å²) in [6.45, 7) is 7.81. The largest absolute Gasteiger partial charge is 0.359 e. The van der Waals surface area contributed by atoms with Crippen molar-refractivity contribution in [2.45, 2.75) is 39.2 Å². The molecule has 0 atom stereocenters. The van der Waals surface area contributed by atoms with Crippen LogP contribution in [0.1, 0.15) is 33.1 Å². The Morgan fingerprint density at radius 1 is 1.43 bits per heavy atom. The van der Waals surface area contributed by atoms with E-state index < -0.39 is 0 Å². The van der Waals surface area contributed by atoms with E-state index in [4.69, 9.17) is 0 Å². The van der Waals surface area contributed by atoms with E-state index in [1.165, 1.54) is 25.9 Å². The van der Waals surface area contributed by atoms with Gasteiger partial charge in [-0.2, -0.15) is 0 Å². The van der Waals surface area contributed by atoms with Gasteiger partial charge < -0.3 is 10.2 Å². The number of hydrogen-bond acceptors (Lipinski definition) is 2. The minimum atomic E-state index is 0.684. The molecule has 0 spiro atoms. The summed E-state index contributed by atoms with van der Waals surface area (Å²) >= 11 is 0. The Balaban J connectivity index is 2.12. The Morgan fingerprint density at radius 2 is 2.07 bits per heavy atom. The summed E-state index contributed by atoms with van der Waals surface area (Å²) in [4.78, 5) is 12.6. The predicted octanol–water partition coefficient (Wildman–Crippen LogP) is 1.24. The second kappa shape index (κ2) is 6.02. The third kappa shape index (κ3) is 3.66. The van der Waals surface area contributed by atoms with E-state index in [0.29, 0.717) is 6.04 Å². The van der Waals surface area contributed by atoms with Gasteiger partial charge in [0.15, 0.2) is 0 Å². The number of nitrogens with one attached hydrogen (secondary N) is 1. The van der Waals surface area contributed by atoms with Crippen molar-refractivity contribution in [2.75, 3.05) is 19.6 Å². The highest BCUT2D eigenvalue weighted by atomic mass is 16.1. The molecular formula is C11H22N2O. The lowest BCUT2D eigenvalue weighted by molar-refractivity contribution is -0.109. The molecule has 0 saturated carbocycles. The highest BCUT2D eigenvalue weighted by molar-refractivity contribution is 5.45. The van der Waals surface area contributed by atoms with Gasteiger partial charge in [-0.05, 0) is 52.1 Å². The molecule has 0 aliphatic carbocycles. The van der Waals surface area contributed by atoms with Gasteiger partial charge in [-0.1, -0.05) is 0 Å². The number of amides is 1. The highest BCUT2D eigenvalue weighted by Gasteiger charge is 2.19. The average Bonchev–Trinajstić information content (AvgIpc) is 2.19. The van der Waals surface area contributed by atoms with Gasteiger partial charge in [0.2, 0.25) is 6.41 Å². The summed E-state index contributed by atoms with van der Waals surface area (Å²) in [6.07, 6.45) is 4.52. The van der Waals surface area contributed by atoms with Crippen LogP contribution in [0.15, 0.2) is 0 Å². The molecule has 1 aliphatic rings. The number of nitrogens with zero attached hydrogens (tertiary/aromatic N) is 1. The maximum atomic E-state index is 10.1. The molecule has 1 rings (SSSR count). The van der Waals surface area contributed by atoms with Crippen molar-refractivity contribution in [2.24, 2.45) is 5.92 Å². The molecule has 0 aromatic rings. The van der Waals surface area contributed by atoms with Gasteiger partial charge >= 0.3 is 0 Å². The van der Waals surface area contributed by atoms with Crippen LogP contribution in [-0.2, 0) is 4.79 Å². The van der Waals surface area contributed by atoms with Gasteiger partial charge in [-0.3, -0.25) is 4.79 Å². The molecule has 1 saturated heterocycles. The van der Waals surface area contributed by atoms with Crippen molar-refractivity contribution < 1.29 is 4.79 Å². The SMILES string of the molecule is CC(C)N1CCC(CCNC=O)CC1. The number of carbonyl (C=O) groups is 1. The summed E-state index contributed by atoms with van der Waals surface area (Å²) in [5.41, 5.74) is 0. The molecule has 1 N–H and O–H groups in total. The van der Waals surface area contributed by atoms with Crippen LogP contribution in [0.25, 0.3) is 0 Å². The maximum absolute atomic E-state index is 10.1. The van der Waals surface area contributed by atoms with Gasteiger partial charge in [0.05, 0.1) is 0 Å². The molecular weight excluding hydrogens is 176 g/mol. The maximum Gasteiger partial charge on any atom is 0.207 e. The second-order valence-corrected chi connectivity index (χ2v) is 4.43. The summed E-state index contributed by atoms with van der Waals surface area (Å²) in [5, 5.41) is 2.74. The Labute approximate surface area is 86.9 Å². The number of carbonyl (C=O) groups excluding carboxylic acids is 1. The second-order valence-electron chi connectivity index (χ2n) is 4.43. The van der Waals surface area contributed by atoms with Crippen molar-refractivity contribution in [1.82, 2.24) is 10.2 Å². The van der Waals surface area contributed by atoms with Crippen LogP contribution in [0.3, 0.4) is 0 Å². The first kappa shape index (κ1) is 11.5. The Bertz CT molecular complexity index is 163. The van der Waals surface area contributed by atoms with Crippen molar-refractivity contribution in [3.63, 3.8) is 0 Å². The van der Waals surface area contributed by atoms with Crippen LogP contribution in [0.2, 0.25) is 0 Å². The minimum Gasteiger partial charge on any atom is -0.359 e. The highest BCUT2D eigenvalue weighted by Crippen LogP contribution is 2.21. The first-order valence-electron chi connectivity index (χ1n) is 5.65. The molecule has 3 nitrogen and oxygen atoms in total. The molecule has 82 valence electrons. The van der Waals surface area contributed by atoms with Crippen LogP contribution in [0.4, 0.5) is 0 Å². The standard InChI is InChI=1S/C11H22N2O/c1-10(2)13-7-4-11(5-8-13)3-6-12-9-14/h9-11H,3-8H2,1-2H3,(H,12,14). The summed E-state index contributed by atoms with van der Waals surface area (Å²) in [5.74, 6) is 0.817. The molecule has 3 heteroatoms. The molecule has 14 heavy (non-hydrogen) atoms. The third-order valence-electron chi connectivity index (χ3n) is 3.16. The lowest BCUT2D eigenvalue weighted by Gasteiger charge is -2.34. The van der Waals surface area contributed by atoms with Crippen molar-refractivity contribution in [3.8, 4) is 0 Å². The molecule has 0 radical (unpaired) electrons. The van der Waals surface area contributed by atoms with Crippen LogP contribution in [0, 0.1) is 5.92 Å². The molecule has 1 aliphatic heterocycles. The zero-order valence-electron chi connectivity index (χ0n) is 9.33. The van der Waals surface area contributed by atoms with Gasteiger partial charge in [0, 0.05) is 12.6 Å². The molecule has 0 aromatic heterocycles. The van der Waals surface area contributed by atoms with E-state index in [9.17, 15) is 4.79 Å². The average molecular weight is 198 g/mol. The van der Waals surface area contributed by atoms with E-state index in [-0.39, 0.29) is 0 Å². The first-order valence-corrected chi connectivity index (χ1v) is 5.65.